The van der Waals surface area contributed by atoms with Crippen molar-refractivity contribution in [2.45, 2.75) is 28.4 Å². The van der Waals surface area contributed by atoms with Gasteiger partial charge in [-0.05, 0) is 36.4 Å². The number of hydrogen-bond acceptors (Lipinski definition) is 10. The molecule has 4 rings (SSSR count). The van der Waals surface area contributed by atoms with Gasteiger partial charge in [-0.25, -0.2) is 22.0 Å². The molecule has 2 aromatic rings. The Kier molecular flexibility index (Phi) is 7.19. The number of amides is 1. The number of fused-ring (bicyclic) bond motifs is 1. The van der Waals surface area contributed by atoms with Crippen LogP contribution in [0.15, 0.2) is 52.3 Å². The van der Waals surface area contributed by atoms with Gasteiger partial charge in [-0.2, -0.15) is 4.31 Å². The minimum absolute atomic E-state index is 0.147. The maximum atomic E-state index is 13.2. The molecule has 2 atom stereocenters. The number of carbonyl (C=O) groups is 2. The molecule has 4 N–H and O–H groups in total. The van der Waals surface area contributed by atoms with Crippen LogP contribution in [-0.4, -0.2) is 76.6 Å². The van der Waals surface area contributed by atoms with E-state index in [0.717, 1.165) is 4.31 Å². The Balaban J connectivity index is 1.41. The van der Waals surface area contributed by atoms with E-state index in [1.54, 1.807) is 0 Å². The van der Waals surface area contributed by atoms with E-state index in [9.17, 15) is 31.5 Å². The summed E-state index contributed by atoms with van der Waals surface area (Å²) in [5, 5.41) is 17.5. The lowest BCUT2D eigenvalue weighted by Gasteiger charge is -2.24. The molecule has 0 saturated carbocycles. The molecule has 13 nitrogen and oxygen atoms in total. The summed E-state index contributed by atoms with van der Waals surface area (Å²) in [5.74, 6) is -1.11. The molecule has 1 fully saturated rings. The number of ether oxygens (including phenoxy) is 3. The quantitative estimate of drug-likeness (QED) is 0.382. The minimum atomic E-state index is -4.23. The van der Waals surface area contributed by atoms with Gasteiger partial charge in [0.25, 0.3) is 5.91 Å². The van der Waals surface area contributed by atoms with Crippen molar-refractivity contribution >= 4 is 37.6 Å². The molecule has 0 radical (unpaired) electrons. The molecular formula is C21H23N3O10S2. The Hall–Kier alpha value is -3.24. The largest absolute Gasteiger partial charge is 0.486 e. The smallest absolute Gasteiger partial charge is 0.325 e. The Morgan fingerprint density at radius 3 is 2.33 bits per heavy atom. The lowest BCUT2D eigenvalue weighted by atomic mass is 10.2. The lowest BCUT2D eigenvalue weighted by molar-refractivity contribution is -0.150. The number of hydrogen-bond donors (Lipinski definition) is 3. The summed E-state index contributed by atoms with van der Waals surface area (Å²) in [6.45, 7) is -0.481. The number of nitrogens with one attached hydrogen (secondary N) is 1. The highest BCUT2D eigenvalue weighted by atomic mass is 32.2. The van der Waals surface area contributed by atoms with Gasteiger partial charge >= 0.3 is 5.97 Å². The van der Waals surface area contributed by atoms with Crippen molar-refractivity contribution in [1.82, 2.24) is 4.31 Å². The van der Waals surface area contributed by atoms with Crippen LogP contribution >= 0.6 is 0 Å². The van der Waals surface area contributed by atoms with Gasteiger partial charge in [-0.3, -0.25) is 9.59 Å². The second-order valence-corrected chi connectivity index (χ2v) is 11.5. The third kappa shape index (κ3) is 5.60. The van der Waals surface area contributed by atoms with Gasteiger partial charge in [0.2, 0.25) is 20.0 Å². The zero-order chi connectivity index (χ0) is 26.1. The first-order valence-electron chi connectivity index (χ1n) is 10.6. The molecule has 1 saturated heterocycles. The summed E-state index contributed by atoms with van der Waals surface area (Å²) in [6.07, 6.45) is -1.32. The highest BCUT2D eigenvalue weighted by Crippen LogP contribution is 2.35. The Morgan fingerprint density at radius 2 is 1.67 bits per heavy atom. The van der Waals surface area contributed by atoms with Crippen molar-refractivity contribution in [3.63, 3.8) is 0 Å². The summed E-state index contributed by atoms with van der Waals surface area (Å²) < 4.78 is 65.7. The number of nitrogens with zero attached hydrogens (tertiary/aromatic N) is 1. The first-order valence-corrected chi connectivity index (χ1v) is 13.6. The number of primary sulfonamides is 1. The number of sulfonamides is 2. The number of anilines is 1. The number of carbonyl (C=O) groups excluding carboxylic acids is 2. The summed E-state index contributed by atoms with van der Waals surface area (Å²) in [6, 6.07) is 7.68. The number of aliphatic hydroxyl groups is 1. The molecule has 0 spiro atoms. The normalized spacial score (nSPS) is 20.1. The van der Waals surface area contributed by atoms with E-state index < -0.39 is 50.7 Å². The second-order valence-electron chi connectivity index (χ2n) is 8.01. The number of aliphatic hydroxyl groups excluding tert-OH is 1. The van der Waals surface area contributed by atoms with Crippen LogP contribution in [0, 0.1) is 0 Å². The van der Waals surface area contributed by atoms with Gasteiger partial charge in [0.15, 0.2) is 18.1 Å². The van der Waals surface area contributed by atoms with Gasteiger partial charge in [0, 0.05) is 24.7 Å². The van der Waals surface area contributed by atoms with E-state index >= 15 is 0 Å². The summed E-state index contributed by atoms with van der Waals surface area (Å²) in [7, 11) is -8.12. The fourth-order valence-corrected chi connectivity index (χ4v) is 5.90. The standard InChI is InChI=1S/C21H23N3O10S2/c22-35(28,29)15-3-1-13(2-4-15)23-20(26)12-34-21(27)17-9-14(25)11-24(17)36(30,31)16-5-6-18-19(10-16)33-8-7-32-18/h1-6,10,14,17,25H,7-9,11-12H2,(H,23,26)(H2,22,28,29)/t14-,17+/m0/s1. The summed E-state index contributed by atoms with van der Waals surface area (Å²) in [5.41, 5.74) is 0.225. The van der Waals surface area contributed by atoms with Gasteiger partial charge in [-0.15, -0.1) is 0 Å². The van der Waals surface area contributed by atoms with E-state index in [-0.39, 0.29) is 40.8 Å². The number of rotatable bonds is 7. The second kappa shape index (κ2) is 10.0. The van der Waals surface area contributed by atoms with E-state index in [1.807, 2.05) is 0 Å². The van der Waals surface area contributed by atoms with Gasteiger partial charge in [0.1, 0.15) is 19.3 Å². The van der Waals surface area contributed by atoms with Crippen molar-refractivity contribution < 1.29 is 45.7 Å². The average molecular weight is 542 g/mol. The van der Waals surface area contributed by atoms with Crippen LogP contribution in [0.25, 0.3) is 0 Å². The number of benzene rings is 2. The fourth-order valence-electron chi connectivity index (χ4n) is 3.74. The van der Waals surface area contributed by atoms with Gasteiger partial charge in [0.05, 0.1) is 15.9 Å². The van der Waals surface area contributed by atoms with E-state index in [1.165, 1.54) is 42.5 Å². The maximum absolute atomic E-state index is 13.2. The van der Waals surface area contributed by atoms with E-state index in [0.29, 0.717) is 12.4 Å². The third-order valence-electron chi connectivity index (χ3n) is 5.44. The first-order chi connectivity index (χ1) is 16.9. The van der Waals surface area contributed by atoms with Crippen LogP contribution < -0.4 is 19.9 Å². The van der Waals surface area contributed by atoms with Crippen LogP contribution in [-0.2, 0) is 34.4 Å². The molecule has 194 valence electrons. The highest BCUT2D eigenvalue weighted by Gasteiger charge is 2.44. The van der Waals surface area contributed by atoms with E-state index in [2.05, 4.69) is 5.32 Å². The molecule has 2 aliphatic heterocycles. The summed E-state index contributed by atoms with van der Waals surface area (Å²) in [4.78, 5) is 24.6. The number of esters is 1. The van der Waals surface area contributed by atoms with Crippen molar-refractivity contribution in [3.8, 4) is 11.5 Å². The van der Waals surface area contributed by atoms with E-state index in [4.69, 9.17) is 19.3 Å². The van der Waals surface area contributed by atoms with Crippen molar-refractivity contribution in [3.05, 3.63) is 42.5 Å². The first kappa shape index (κ1) is 25.8. The molecule has 2 aromatic carbocycles. The molecule has 36 heavy (non-hydrogen) atoms. The van der Waals surface area contributed by atoms with Gasteiger partial charge in [-0.1, -0.05) is 0 Å². The van der Waals surface area contributed by atoms with Crippen LogP contribution in [0.3, 0.4) is 0 Å². The molecule has 0 aromatic heterocycles. The maximum Gasteiger partial charge on any atom is 0.325 e. The van der Waals surface area contributed by atoms with Crippen LogP contribution in [0.4, 0.5) is 5.69 Å². The molecular weight excluding hydrogens is 518 g/mol. The molecule has 1 amide bonds. The zero-order valence-electron chi connectivity index (χ0n) is 18.7. The Morgan fingerprint density at radius 1 is 1.03 bits per heavy atom. The average Bonchev–Trinajstić information content (AvgIpc) is 3.24. The minimum Gasteiger partial charge on any atom is -0.486 e. The fraction of sp³-hybridized carbons (Fsp3) is 0.333. The lowest BCUT2D eigenvalue weighted by Crippen LogP contribution is -2.42. The Bertz CT molecular complexity index is 1380. The molecule has 2 heterocycles. The number of nitrogens with two attached hydrogens (primary N) is 1. The SMILES string of the molecule is NS(=O)(=O)c1ccc(NC(=O)COC(=O)[C@H]2C[C@H](O)CN2S(=O)(=O)c2ccc3c(c2)OCCO3)cc1. The monoisotopic (exact) mass is 541 g/mol. The number of β-amino-alcohol motifs (C(OH)–C–C–N with tert-alkyl or cyclic N) is 1. The molecule has 2 aliphatic rings. The van der Waals surface area contributed by atoms with Crippen LogP contribution in [0.1, 0.15) is 6.42 Å². The molecule has 0 aliphatic carbocycles. The van der Waals surface area contributed by atoms with Crippen molar-refractivity contribution in [2.75, 3.05) is 31.7 Å². The van der Waals surface area contributed by atoms with Crippen molar-refractivity contribution in [2.24, 2.45) is 5.14 Å². The highest BCUT2D eigenvalue weighted by molar-refractivity contribution is 7.89. The van der Waals surface area contributed by atoms with Crippen LogP contribution in [0.2, 0.25) is 0 Å². The van der Waals surface area contributed by atoms with Crippen molar-refractivity contribution in [1.29, 1.82) is 0 Å². The molecule has 0 unspecified atom stereocenters. The Labute approximate surface area is 206 Å². The zero-order valence-corrected chi connectivity index (χ0v) is 20.3. The predicted molar refractivity (Wildman–Crippen MR) is 123 cm³/mol. The predicted octanol–water partition coefficient (Wildman–Crippen LogP) is -0.589. The molecule has 15 heteroatoms. The van der Waals surface area contributed by atoms with Gasteiger partial charge < -0.3 is 24.6 Å². The third-order valence-corrected chi connectivity index (χ3v) is 8.24. The van der Waals surface area contributed by atoms with Crippen LogP contribution in [0.5, 0.6) is 11.5 Å². The topological polar surface area (TPSA) is 192 Å². The molecule has 0 bridgehead atoms. The summed E-state index contributed by atoms with van der Waals surface area (Å²) >= 11 is 0.